The van der Waals surface area contributed by atoms with Crippen molar-refractivity contribution in [1.29, 1.82) is 0 Å². The van der Waals surface area contributed by atoms with E-state index in [9.17, 15) is 0 Å². The molecule has 0 aliphatic heterocycles. The van der Waals surface area contributed by atoms with E-state index in [2.05, 4.69) is 6.92 Å². The first-order chi connectivity index (χ1) is 3.31. The van der Waals surface area contributed by atoms with Crippen molar-refractivity contribution in [3.63, 3.8) is 0 Å². The van der Waals surface area contributed by atoms with E-state index in [1.165, 1.54) is 17.3 Å². The zero-order valence-corrected chi connectivity index (χ0v) is 11.0. The minimum atomic E-state index is 0.542. The van der Waals surface area contributed by atoms with E-state index in [0.29, 0.717) is 6.04 Å². The van der Waals surface area contributed by atoms with Crippen LogP contribution in [0.5, 0.6) is 0 Å². The van der Waals surface area contributed by atoms with Gasteiger partial charge in [-0.05, 0) is 0 Å². The van der Waals surface area contributed by atoms with Gasteiger partial charge in [-0.1, -0.05) is 0 Å². The second kappa shape index (κ2) is 4.91. The Morgan fingerprint density at radius 1 is 1.71 bits per heavy atom. The average Bonchev–Trinajstić information content (AvgIpc) is 1.68. The van der Waals surface area contributed by atoms with E-state index < -0.39 is 0 Å². The van der Waals surface area contributed by atoms with Crippen LogP contribution in [0.3, 0.4) is 0 Å². The fraction of sp³-hybridized carbons (Fsp3) is 1.00. The van der Waals surface area contributed by atoms with Crippen molar-refractivity contribution >= 4 is 22.5 Å². The van der Waals surface area contributed by atoms with Crippen LogP contribution < -0.4 is 5.73 Å². The predicted octanol–water partition coefficient (Wildman–Crippen LogP) is -0.102. The quantitative estimate of drug-likeness (QED) is 0.643. The van der Waals surface area contributed by atoms with Gasteiger partial charge in [-0.15, -0.1) is 0 Å². The SMILES string of the molecule is CCCC(N)[CH2][SnH3]. The van der Waals surface area contributed by atoms with Crippen LogP contribution in [-0.4, -0.2) is 28.6 Å². The van der Waals surface area contributed by atoms with Crippen molar-refractivity contribution in [2.24, 2.45) is 5.73 Å². The van der Waals surface area contributed by atoms with E-state index >= 15 is 0 Å². The van der Waals surface area contributed by atoms with Crippen molar-refractivity contribution in [3.8, 4) is 0 Å². The molecule has 0 spiro atoms. The summed E-state index contributed by atoms with van der Waals surface area (Å²) in [6.45, 7) is 2.19. The van der Waals surface area contributed by atoms with Gasteiger partial charge in [0.2, 0.25) is 0 Å². The molecule has 0 fully saturated rings. The standard InChI is InChI=1S/C5H12N.Sn.3H/c1-3-4-5(2)6;;;;/h5H,2-4,6H2,1H3;;;;. The van der Waals surface area contributed by atoms with Gasteiger partial charge in [0.05, 0.1) is 0 Å². The number of rotatable bonds is 3. The van der Waals surface area contributed by atoms with Crippen LogP contribution in [0, 0.1) is 0 Å². The van der Waals surface area contributed by atoms with Gasteiger partial charge in [0, 0.05) is 0 Å². The second-order valence-electron chi connectivity index (χ2n) is 1.96. The van der Waals surface area contributed by atoms with Crippen molar-refractivity contribution in [1.82, 2.24) is 0 Å². The molecule has 0 rings (SSSR count). The van der Waals surface area contributed by atoms with E-state index in [0.717, 1.165) is 22.5 Å². The van der Waals surface area contributed by atoms with Gasteiger partial charge in [-0.3, -0.25) is 0 Å². The molecule has 0 aromatic rings. The summed E-state index contributed by atoms with van der Waals surface area (Å²) in [7, 11) is 0. The van der Waals surface area contributed by atoms with Crippen LogP contribution in [0.15, 0.2) is 0 Å². The molecular formula is C5H15NSn. The molecule has 0 bridgehead atoms. The molecule has 0 saturated carbocycles. The number of hydrogen-bond acceptors (Lipinski definition) is 1. The van der Waals surface area contributed by atoms with E-state index in [1.54, 1.807) is 0 Å². The molecule has 2 heteroatoms. The first-order valence-electron chi connectivity index (χ1n) is 3.06. The number of nitrogens with two attached hydrogens (primary N) is 1. The Hall–Kier alpha value is 0.759. The predicted molar refractivity (Wildman–Crippen MR) is 37.6 cm³/mol. The molecule has 0 radical (unpaired) electrons. The van der Waals surface area contributed by atoms with Gasteiger partial charge < -0.3 is 0 Å². The molecule has 2 N–H and O–H groups in total. The van der Waals surface area contributed by atoms with Crippen molar-refractivity contribution in [2.45, 2.75) is 30.2 Å². The monoisotopic (exact) mass is 209 g/mol. The molecular weight excluding hydrogens is 193 g/mol. The Morgan fingerprint density at radius 3 is 2.43 bits per heavy atom. The van der Waals surface area contributed by atoms with Gasteiger partial charge in [0.25, 0.3) is 0 Å². The Bertz CT molecular complexity index is 39.1. The van der Waals surface area contributed by atoms with Gasteiger partial charge in [-0.25, -0.2) is 0 Å². The van der Waals surface area contributed by atoms with Crippen LogP contribution in [0.4, 0.5) is 0 Å². The Labute approximate surface area is 58.7 Å². The van der Waals surface area contributed by atoms with Crippen molar-refractivity contribution in [3.05, 3.63) is 0 Å². The summed E-state index contributed by atoms with van der Waals surface area (Å²) in [6.07, 6.45) is 2.48. The molecule has 1 nitrogen and oxygen atoms in total. The van der Waals surface area contributed by atoms with Gasteiger partial charge in [0.15, 0.2) is 0 Å². The third-order valence-electron chi connectivity index (χ3n) is 1.18. The third-order valence-corrected chi connectivity index (χ3v) is 4.18. The summed E-state index contributed by atoms with van der Waals surface area (Å²) in [5, 5.41) is 0. The van der Waals surface area contributed by atoms with Gasteiger partial charge in [-0.2, -0.15) is 0 Å². The van der Waals surface area contributed by atoms with E-state index in [-0.39, 0.29) is 0 Å². The van der Waals surface area contributed by atoms with Crippen molar-refractivity contribution < 1.29 is 0 Å². The summed E-state index contributed by atoms with van der Waals surface area (Å²) in [4.78, 5) is 0. The topological polar surface area (TPSA) is 26.0 Å². The average molecular weight is 208 g/mol. The van der Waals surface area contributed by atoms with Crippen LogP contribution in [-0.2, 0) is 0 Å². The summed E-state index contributed by atoms with van der Waals surface area (Å²) in [6, 6.07) is 0.542. The fourth-order valence-corrected chi connectivity index (χ4v) is 1.74. The van der Waals surface area contributed by atoms with Crippen LogP contribution >= 0.6 is 0 Å². The molecule has 7 heavy (non-hydrogen) atoms. The van der Waals surface area contributed by atoms with Gasteiger partial charge >= 0.3 is 58.5 Å². The molecule has 0 aliphatic rings. The molecule has 0 saturated heterocycles. The Morgan fingerprint density at radius 2 is 2.29 bits per heavy atom. The fourth-order valence-electron chi connectivity index (χ4n) is 0.575. The minimum absolute atomic E-state index is 0.542. The second-order valence-corrected chi connectivity index (χ2v) is 4.29. The molecule has 0 amide bonds. The first kappa shape index (κ1) is 7.76. The van der Waals surface area contributed by atoms with E-state index in [4.69, 9.17) is 5.73 Å². The molecule has 0 aromatic heterocycles. The first-order valence-corrected chi connectivity index (χ1v) is 7.10. The summed E-state index contributed by atoms with van der Waals surface area (Å²) in [5.41, 5.74) is 5.64. The molecule has 0 aliphatic carbocycles. The zero-order chi connectivity index (χ0) is 5.70. The summed E-state index contributed by atoms with van der Waals surface area (Å²) < 4.78 is 1.33. The molecule has 1 atom stereocenters. The summed E-state index contributed by atoms with van der Waals surface area (Å²) in [5.74, 6) is 0. The maximum atomic E-state index is 5.64. The molecule has 0 heterocycles. The normalized spacial score (nSPS) is 14.6. The summed E-state index contributed by atoms with van der Waals surface area (Å²) >= 11 is 0.820. The van der Waals surface area contributed by atoms with E-state index in [1.807, 2.05) is 0 Å². The third kappa shape index (κ3) is 4.62. The maximum absolute atomic E-state index is 5.64. The molecule has 0 aromatic carbocycles. The van der Waals surface area contributed by atoms with Gasteiger partial charge in [0.1, 0.15) is 0 Å². The van der Waals surface area contributed by atoms with Crippen LogP contribution in [0.1, 0.15) is 19.8 Å². The Kier molecular flexibility index (Phi) is 5.44. The molecule has 44 valence electrons. The number of hydrogen-bond donors (Lipinski definition) is 1. The van der Waals surface area contributed by atoms with Crippen LogP contribution in [0.25, 0.3) is 0 Å². The zero-order valence-electron chi connectivity index (χ0n) is 5.28. The molecule has 1 unspecified atom stereocenters. The Balaban J connectivity index is 2.83. The van der Waals surface area contributed by atoms with Crippen molar-refractivity contribution in [2.75, 3.05) is 0 Å². The van der Waals surface area contributed by atoms with Crippen LogP contribution in [0.2, 0.25) is 4.44 Å².